The summed E-state index contributed by atoms with van der Waals surface area (Å²) in [6, 6.07) is 9.06. The number of nitrogens with one attached hydrogen (secondary N) is 1. The maximum absolute atomic E-state index is 12.6. The predicted molar refractivity (Wildman–Crippen MR) is 104 cm³/mol. The second kappa shape index (κ2) is 8.51. The van der Waals surface area contributed by atoms with Gasteiger partial charge in [0.1, 0.15) is 0 Å². The molecule has 5 nitrogen and oxygen atoms in total. The Hall–Kier alpha value is -1.43. The number of ether oxygens (including phenoxy) is 1. The van der Waals surface area contributed by atoms with Crippen LogP contribution in [0.15, 0.2) is 24.3 Å². The van der Waals surface area contributed by atoms with Crippen LogP contribution < -0.4 is 5.32 Å². The van der Waals surface area contributed by atoms with Crippen LogP contribution in [0.1, 0.15) is 43.9 Å². The van der Waals surface area contributed by atoms with Gasteiger partial charge in [0, 0.05) is 31.2 Å². The van der Waals surface area contributed by atoms with Gasteiger partial charge < -0.3 is 10.1 Å². The van der Waals surface area contributed by atoms with Crippen molar-refractivity contribution < 1.29 is 9.53 Å². The third-order valence-electron chi connectivity index (χ3n) is 5.72. The average Bonchev–Trinajstić information content (AvgIpc) is 3.09. The number of aryl methyl sites for hydroxylation is 1. The van der Waals surface area contributed by atoms with Crippen LogP contribution >= 0.6 is 0 Å². The van der Waals surface area contributed by atoms with Crippen molar-refractivity contribution in [2.45, 2.75) is 45.2 Å². The molecule has 1 N–H and O–H groups in total. The number of amides is 1. The molecule has 0 bridgehead atoms. The SMILES string of the molecule is Cc1cccc(C2CCCN2CC(=O)NCC(C)(C)N2CCOCC2)c1. The molecule has 2 fully saturated rings. The van der Waals surface area contributed by atoms with Crippen LogP contribution in [0.5, 0.6) is 0 Å². The highest BCUT2D eigenvalue weighted by molar-refractivity contribution is 5.78. The number of morpholine rings is 1. The van der Waals surface area contributed by atoms with Crippen LogP contribution in [0, 0.1) is 6.92 Å². The van der Waals surface area contributed by atoms with E-state index in [9.17, 15) is 4.79 Å². The van der Waals surface area contributed by atoms with E-state index in [2.05, 4.69) is 60.2 Å². The zero-order valence-electron chi connectivity index (χ0n) is 16.5. The van der Waals surface area contributed by atoms with Gasteiger partial charge in [0.15, 0.2) is 0 Å². The highest BCUT2D eigenvalue weighted by Gasteiger charge is 2.30. The van der Waals surface area contributed by atoms with Crippen molar-refractivity contribution in [3.63, 3.8) is 0 Å². The summed E-state index contributed by atoms with van der Waals surface area (Å²) >= 11 is 0. The zero-order chi connectivity index (χ0) is 18.6. The lowest BCUT2D eigenvalue weighted by Crippen LogP contribution is -2.56. The first-order valence-corrected chi connectivity index (χ1v) is 9.86. The Balaban J connectivity index is 1.52. The second-order valence-electron chi connectivity index (χ2n) is 8.23. The van der Waals surface area contributed by atoms with E-state index < -0.39 is 0 Å². The quantitative estimate of drug-likeness (QED) is 0.847. The number of carbonyl (C=O) groups is 1. The molecule has 1 atom stereocenters. The van der Waals surface area contributed by atoms with Gasteiger partial charge in [-0.05, 0) is 45.7 Å². The molecule has 1 unspecified atom stereocenters. The molecular formula is C21H33N3O2. The Morgan fingerprint density at radius 3 is 2.77 bits per heavy atom. The topological polar surface area (TPSA) is 44.8 Å². The lowest BCUT2D eigenvalue weighted by molar-refractivity contribution is -0.123. The molecule has 0 spiro atoms. The molecule has 1 aromatic carbocycles. The molecule has 0 radical (unpaired) electrons. The summed E-state index contributed by atoms with van der Waals surface area (Å²) in [5, 5.41) is 3.17. The van der Waals surface area contributed by atoms with Crippen molar-refractivity contribution in [3.8, 4) is 0 Å². The van der Waals surface area contributed by atoms with Crippen LogP contribution in [0.3, 0.4) is 0 Å². The highest BCUT2D eigenvalue weighted by atomic mass is 16.5. The summed E-state index contributed by atoms with van der Waals surface area (Å²) in [7, 11) is 0. The van der Waals surface area contributed by atoms with Gasteiger partial charge in [-0.1, -0.05) is 29.8 Å². The molecule has 2 aliphatic rings. The first-order valence-electron chi connectivity index (χ1n) is 9.86. The summed E-state index contributed by atoms with van der Waals surface area (Å²) < 4.78 is 5.44. The van der Waals surface area contributed by atoms with Gasteiger partial charge in [0.05, 0.1) is 19.8 Å². The summed E-state index contributed by atoms with van der Waals surface area (Å²) in [5.41, 5.74) is 2.58. The Morgan fingerprint density at radius 1 is 1.27 bits per heavy atom. The van der Waals surface area contributed by atoms with E-state index >= 15 is 0 Å². The molecule has 2 aliphatic heterocycles. The van der Waals surface area contributed by atoms with Crippen molar-refractivity contribution in [1.82, 2.24) is 15.1 Å². The highest BCUT2D eigenvalue weighted by Crippen LogP contribution is 2.31. The van der Waals surface area contributed by atoms with Crippen LogP contribution in [-0.2, 0) is 9.53 Å². The third-order valence-corrected chi connectivity index (χ3v) is 5.72. The normalized spacial score (nSPS) is 22.5. The molecule has 0 aromatic heterocycles. The largest absolute Gasteiger partial charge is 0.379 e. The standard InChI is InChI=1S/C21H33N3O2/c1-17-6-4-7-18(14-17)19-8-5-9-23(19)15-20(25)22-16-21(2,3)24-10-12-26-13-11-24/h4,6-7,14,19H,5,8-13,15-16H2,1-3H3,(H,22,25). The fourth-order valence-electron chi connectivity index (χ4n) is 4.11. The lowest BCUT2D eigenvalue weighted by Gasteiger charge is -2.41. The zero-order valence-corrected chi connectivity index (χ0v) is 16.5. The lowest BCUT2D eigenvalue weighted by atomic mass is 10.0. The molecule has 2 heterocycles. The number of benzene rings is 1. The van der Waals surface area contributed by atoms with E-state index in [1.165, 1.54) is 11.1 Å². The average molecular weight is 360 g/mol. The number of rotatable bonds is 6. The summed E-state index contributed by atoms with van der Waals surface area (Å²) in [5.74, 6) is 0.130. The molecule has 2 saturated heterocycles. The first kappa shape index (κ1) is 19.3. The van der Waals surface area contributed by atoms with Crippen molar-refractivity contribution in [3.05, 3.63) is 35.4 Å². The fourth-order valence-corrected chi connectivity index (χ4v) is 4.11. The van der Waals surface area contributed by atoms with Crippen LogP contribution in [0.4, 0.5) is 0 Å². The van der Waals surface area contributed by atoms with Crippen molar-refractivity contribution in [1.29, 1.82) is 0 Å². The Bertz CT molecular complexity index is 611. The van der Waals surface area contributed by atoms with E-state index in [0.717, 1.165) is 45.7 Å². The van der Waals surface area contributed by atoms with E-state index in [1.807, 2.05) is 0 Å². The monoisotopic (exact) mass is 359 g/mol. The van der Waals surface area contributed by atoms with Crippen molar-refractivity contribution in [2.75, 3.05) is 45.9 Å². The number of carbonyl (C=O) groups excluding carboxylic acids is 1. The molecule has 1 aromatic rings. The number of hydrogen-bond acceptors (Lipinski definition) is 4. The Labute approximate surface area is 157 Å². The van der Waals surface area contributed by atoms with Gasteiger partial charge in [-0.3, -0.25) is 14.6 Å². The smallest absolute Gasteiger partial charge is 0.234 e. The fraction of sp³-hybridized carbons (Fsp3) is 0.667. The third kappa shape index (κ3) is 4.84. The minimum atomic E-state index is -0.0413. The van der Waals surface area contributed by atoms with Crippen molar-refractivity contribution in [2.24, 2.45) is 0 Å². The van der Waals surface area contributed by atoms with Gasteiger partial charge in [0.2, 0.25) is 5.91 Å². The predicted octanol–water partition coefficient (Wildman–Crippen LogP) is 2.36. The first-order chi connectivity index (χ1) is 12.5. The molecule has 5 heteroatoms. The number of hydrogen-bond donors (Lipinski definition) is 1. The van der Waals surface area contributed by atoms with E-state index in [4.69, 9.17) is 4.74 Å². The summed E-state index contributed by atoms with van der Waals surface area (Å²) in [4.78, 5) is 17.3. The number of nitrogens with zero attached hydrogens (tertiary/aromatic N) is 2. The Morgan fingerprint density at radius 2 is 2.04 bits per heavy atom. The van der Waals surface area contributed by atoms with E-state index in [0.29, 0.717) is 19.1 Å². The molecule has 0 saturated carbocycles. The molecule has 144 valence electrons. The minimum absolute atomic E-state index is 0.0413. The molecule has 3 rings (SSSR count). The van der Waals surface area contributed by atoms with Crippen LogP contribution in [0.25, 0.3) is 0 Å². The minimum Gasteiger partial charge on any atom is -0.379 e. The molecule has 1 amide bonds. The maximum Gasteiger partial charge on any atom is 0.234 e. The Kier molecular flexibility index (Phi) is 6.33. The maximum atomic E-state index is 12.6. The van der Waals surface area contributed by atoms with Crippen LogP contribution in [-0.4, -0.2) is 67.2 Å². The molecule has 0 aliphatic carbocycles. The van der Waals surface area contributed by atoms with Gasteiger partial charge >= 0.3 is 0 Å². The second-order valence-corrected chi connectivity index (χ2v) is 8.23. The van der Waals surface area contributed by atoms with Crippen molar-refractivity contribution >= 4 is 5.91 Å². The summed E-state index contributed by atoms with van der Waals surface area (Å²) in [6.45, 7) is 12.1. The van der Waals surface area contributed by atoms with Gasteiger partial charge in [0.25, 0.3) is 0 Å². The van der Waals surface area contributed by atoms with Gasteiger partial charge in [-0.25, -0.2) is 0 Å². The number of likely N-dealkylation sites (tertiary alicyclic amines) is 1. The van der Waals surface area contributed by atoms with E-state index in [1.54, 1.807) is 0 Å². The van der Waals surface area contributed by atoms with Crippen LogP contribution in [0.2, 0.25) is 0 Å². The molecular weight excluding hydrogens is 326 g/mol. The summed E-state index contributed by atoms with van der Waals surface area (Å²) in [6.07, 6.45) is 2.29. The van der Waals surface area contributed by atoms with Gasteiger partial charge in [-0.15, -0.1) is 0 Å². The van der Waals surface area contributed by atoms with E-state index in [-0.39, 0.29) is 11.4 Å². The van der Waals surface area contributed by atoms with Gasteiger partial charge in [-0.2, -0.15) is 0 Å². The molecule has 26 heavy (non-hydrogen) atoms.